The quantitative estimate of drug-likeness (QED) is 0.761. The number of rotatable bonds is 2. The lowest BCUT2D eigenvalue weighted by molar-refractivity contribution is -0.215. The average molecular weight is 256 g/mol. The molecule has 4 bridgehead atoms. The van der Waals surface area contributed by atoms with Crippen LogP contribution in [0.4, 0.5) is 0 Å². The topological polar surface area (TPSA) is 35.5 Å². The van der Waals surface area contributed by atoms with Gasteiger partial charge in [-0.25, -0.2) is 0 Å². The van der Waals surface area contributed by atoms with Crippen molar-refractivity contribution in [1.29, 1.82) is 0 Å². The fourth-order valence-electron chi connectivity index (χ4n) is 4.07. The third-order valence-corrected chi connectivity index (χ3v) is 4.90. The van der Waals surface area contributed by atoms with Crippen LogP contribution in [0.2, 0.25) is 0 Å². The Labute approximate surface area is 112 Å². The summed E-state index contributed by atoms with van der Waals surface area (Å²) in [5.74, 6) is -0.398. The molecule has 1 aromatic carbocycles. The molecule has 0 unspecified atom stereocenters. The highest BCUT2D eigenvalue weighted by molar-refractivity contribution is 5.94. The average Bonchev–Trinajstić information content (AvgIpc) is 2.82. The summed E-state index contributed by atoms with van der Waals surface area (Å²) in [5, 5.41) is 0. The van der Waals surface area contributed by atoms with Gasteiger partial charge in [-0.2, -0.15) is 0 Å². The first kappa shape index (κ1) is 11.4. The number of ketones is 1. The lowest BCUT2D eigenvalue weighted by Gasteiger charge is -2.46. The number of allylic oxidation sites excluding steroid dienone is 1. The van der Waals surface area contributed by atoms with Gasteiger partial charge in [0.15, 0.2) is 5.78 Å². The third kappa shape index (κ3) is 1.27. The van der Waals surface area contributed by atoms with Crippen LogP contribution in [-0.2, 0) is 14.3 Å². The van der Waals surface area contributed by atoms with Crippen molar-refractivity contribution in [3.63, 3.8) is 0 Å². The minimum atomic E-state index is -1.00. The van der Waals surface area contributed by atoms with E-state index in [9.17, 15) is 4.79 Å². The molecule has 0 aromatic heterocycles. The van der Waals surface area contributed by atoms with Crippen LogP contribution in [0.15, 0.2) is 42.5 Å². The molecule has 0 radical (unpaired) electrons. The Kier molecular flexibility index (Phi) is 2.26. The SMILES string of the molecule is CO[C@@]12OC[C@@H]3[C@@H](c4ccccc4)[C@@H](C=C[C@H]31)C2=O. The maximum atomic E-state index is 12.7. The molecule has 1 aromatic rings. The molecule has 1 aliphatic heterocycles. The minimum Gasteiger partial charge on any atom is -0.347 e. The van der Waals surface area contributed by atoms with Crippen LogP contribution in [0.5, 0.6) is 0 Å². The maximum absolute atomic E-state index is 12.7. The van der Waals surface area contributed by atoms with Crippen molar-refractivity contribution >= 4 is 5.78 Å². The highest BCUT2D eigenvalue weighted by Gasteiger charge is 2.66. The van der Waals surface area contributed by atoms with Gasteiger partial charge in [0.1, 0.15) is 0 Å². The Bertz CT molecular complexity index is 550. The molecule has 1 saturated heterocycles. The van der Waals surface area contributed by atoms with E-state index < -0.39 is 5.79 Å². The number of benzene rings is 1. The van der Waals surface area contributed by atoms with Crippen LogP contribution in [0.25, 0.3) is 0 Å². The van der Waals surface area contributed by atoms with Crippen molar-refractivity contribution in [3.8, 4) is 0 Å². The van der Waals surface area contributed by atoms with Crippen LogP contribution < -0.4 is 0 Å². The van der Waals surface area contributed by atoms with E-state index in [4.69, 9.17) is 9.47 Å². The Balaban J connectivity index is 1.83. The summed E-state index contributed by atoms with van der Waals surface area (Å²) in [6.07, 6.45) is 4.17. The molecule has 0 spiro atoms. The van der Waals surface area contributed by atoms with Crippen LogP contribution in [0.1, 0.15) is 11.5 Å². The maximum Gasteiger partial charge on any atom is 0.236 e. The first-order valence-electron chi connectivity index (χ1n) is 6.74. The second-order valence-electron chi connectivity index (χ2n) is 5.58. The number of Topliss-reactive ketones (excluding diaryl/α,β-unsaturated/α-hetero) is 1. The number of carbonyl (C=O) groups is 1. The van der Waals surface area contributed by atoms with E-state index in [1.54, 1.807) is 7.11 Å². The zero-order valence-electron chi connectivity index (χ0n) is 10.8. The Morgan fingerprint density at radius 3 is 2.79 bits per heavy atom. The van der Waals surface area contributed by atoms with Crippen molar-refractivity contribution in [2.45, 2.75) is 11.7 Å². The second-order valence-corrected chi connectivity index (χ2v) is 5.58. The summed E-state index contributed by atoms with van der Waals surface area (Å²) in [7, 11) is 1.58. The molecule has 98 valence electrons. The predicted molar refractivity (Wildman–Crippen MR) is 69.5 cm³/mol. The van der Waals surface area contributed by atoms with Gasteiger partial charge in [0.05, 0.1) is 6.61 Å². The van der Waals surface area contributed by atoms with Crippen LogP contribution in [-0.4, -0.2) is 25.3 Å². The number of carbonyl (C=O) groups excluding carboxylic acids is 1. The van der Waals surface area contributed by atoms with E-state index >= 15 is 0 Å². The molecule has 3 aliphatic carbocycles. The van der Waals surface area contributed by atoms with Crippen molar-refractivity contribution in [1.82, 2.24) is 0 Å². The highest BCUT2D eigenvalue weighted by Crippen LogP contribution is 2.57. The van der Waals surface area contributed by atoms with Crippen LogP contribution in [0.3, 0.4) is 0 Å². The zero-order chi connectivity index (χ0) is 13.0. The fraction of sp³-hybridized carbons (Fsp3) is 0.438. The predicted octanol–water partition coefficient (Wildman–Crippen LogP) is 2.14. The lowest BCUT2D eigenvalue weighted by Crippen LogP contribution is -2.57. The van der Waals surface area contributed by atoms with Gasteiger partial charge in [0, 0.05) is 30.8 Å². The van der Waals surface area contributed by atoms with Gasteiger partial charge in [-0.1, -0.05) is 42.5 Å². The lowest BCUT2D eigenvalue weighted by atomic mass is 9.59. The minimum absolute atomic E-state index is 0.0557. The summed E-state index contributed by atoms with van der Waals surface area (Å²) in [5.41, 5.74) is 1.23. The summed E-state index contributed by atoms with van der Waals surface area (Å²) in [6, 6.07) is 10.3. The van der Waals surface area contributed by atoms with E-state index in [0.717, 1.165) is 0 Å². The smallest absolute Gasteiger partial charge is 0.236 e. The molecular weight excluding hydrogens is 240 g/mol. The fourth-order valence-corrected chi connectivity index (χ4v) is 4.07. The number of hydrogen-bond donors (Lipinski definition) is 0. The third-order valence-electron chi connectivity index (χ3n) is 4.90. The van der Waals surface area contributed by atoms with Crippen molar-refractivity contribution in [2.24, 2.45) is 17.8 Å². The van der Waals surface area contributed by atoms with E-state index in [1.165, 1.54) is 5.56 Å². The summed E-state index contributed by atoms with van der Waals surface area (Å²) in [4.78, 5) is 12.7. The van der Waals surface area contributed by atoms with E-state index in [0.29, 0.717) is 12.5 Å². The molecule has 3 nitrogen and oxygen atoms in total. The van der Waals surface area contributed by atoms with Gasteiger partial charge in [0.2, 0.25) is 5.79 Å². The molecule has 3 heteroatoms. The van der Waals surface area contributed by atoms with Crippen molar-refractivity contribution < 1.29 is 14.3 Å². The first-order chi connectivity index (χ1) is 9.28. The normalized spacial score (nSPS) is 42.9. The van der Waals surface area contributed by atoms with Gasteiger partial charge in [-0.15, -0.1) is 0 Å². The first-order valence-corrected chi connectivity index (χ1v) is 6.74. The van der Waals surface area contributed by atoms with E-state index in [2.05, 4.69) is 18.2 Å². The number of hydrogen-bond acceptors (Lipinski definition) is 3. The van der Waals surface area contributed by atoms with E-state index in [-0.39, 0.29) is 23.5 Å². The Morgan fingerprint density at radius 1 is 1.26 bits per heavy atom. The molecule has 4 aliphatic rings. The van der Waals surface area contributed by atoms with E-state index in [1.807, 2.05) is 24.3 Å². The largest absolute Gasteiger partial charge is 0.347 e. The molecule has 2 fully saturated rings. The summed E-state index contributed by atoms with van der Waals surface area (Å²) < 4.78 is 11.3. The monoisotopic (exact) mass is 256 g/mol. The molecule has 19 heavy (non-hydrogen) atoms. The highest BCUT2D eigenvalue weighted by atomic mass is 16.7. The van der Waals surface area contributed by atoms with Crippen LogP contribution >= 0.6 is 0 Å². The van der Waals surface area contributed by atoms with Crippen LogP contribution in [0, 0.1) is 17.8 Å². The van der Waals surface area contributed by atoms with Gasteiger partial charge >= 0.3 is 0 Å². The molecule has 5 atom stereocenters. The molecular formula is C16H16O3. The Morgan fingerprint density at radius 2 is 2.05 bits per heavy atom. The standard InChI is InChI=1S/C16H16O3/c1-18-16-13-8-7-11(15(16)17)14(12(13)9-19-16)10-5-3-2-4-6-10/h2-8,11-14H,9H2,1H3/t11-,12+,13-,14+,16-/m1/s1. The van der Waals surface area contributed by atoms with Crippen molar-refractivity contribution in [3.05, 3.63) is 48.0 Å². The second kappa shape index (κ2) is 3.78. The molecule has 0 N–H and O–H groups in total. The van der Waals surface area contributed by atoms with Gasteiger partial charge in [0.25, 0.3) is 0 Å². The molecule has 0 amide bonds. The molecule has 5 rings (SSSR count). The zero-order valence-corrected chi connectivity index (χ0v) is 10.8. The summed E-state index contributed by atoms with van der Waals surface area (Å²) in [6.45, 7) is 0.602. The summed E-state index contributed by atoms with van der Waals surface area (Å²) >= 11 is 0. The molecule has 1 heterocycles. The van der Waals surface area contributed by atoms with Gasteiger partial charge < -0.3 is 9.47 Å². The number of methoxy groups -OCH3 is 1. The Hall–Kier alpha value is -1.45. The van der Waals surface area contributed by atoms with Gasteiger partial charge in [-0.3, -0.25) is 4.79 Å². The number of ether oxygens (including phenoxy) is 2. The van der Waals surface area contributed by atoms with Crippen molar-refractivity contribution in [2.75, 3.05) is 13.7 Å². The van der Waals surface area contributed by atoms with Gasteiger partial charge in [-0.05, 0) is 5.56 Å². The molecule has 1 saturated carbocycles.